The first-order valence-electron chi connectivity index (χ1n) is 8.22. The molecule has 0 aromatic heterocycles. The Labute approximate surface area is 137 Å². The van der Waals surface area contributed by atoms with Crippen molar-refractivity contribution >= 4 is 14.4 Å². The third kappa shape index (κ3) is 4.72. The second-order valence-corrected chi connectivity index (χ2v) is 14.2. The standard InChI is InChI=1S/C17H35NO3Si/c1-15(2,3)20-14(19)18(8)13-11-17(7,12-13)21-22(9,10)16(4,5)6/h13H,11-12H2,1-10H3. The molecule has 1 aliphatic rings. The highest BCUT2D eigenvalue weighted by Crippen LogP contribution is 2.46. The zero-order valence-corrected chi connectivity index (χ0v) is 17.2. The molecule has 0 spiro atoms. The van der Waals surface area contributed by atoms with Gasteiger partial charge in [-0.1, -0.05) is 20.8 Å². The first-order chi connectivity index (χ1) is 9.56. The predicted octanol–water partition coefficient (Wildman–Crippen LogP) is 4.80. The van der Waals surface area contributed by atoms with Gasteiger partial charge in [0.05, 0.1) is 5.60 Å². The van der Waals surface area contributed by atoms with E-state index in [4.69, 9.17) is 9.16 Å². The Hall–Kier alpha value is -0.553. The lowest BCUT2D eigenvalue weighted by Crippen LogP contribution is -2.60. The van der Waals surface area contributed by atoms with Crippen LogP contribution in [-0.4, -0.2) is 43.6 Å². The summed E-state index contributed by atoms with van der Waals surface area (Å²) in [5.74, 6) is 0. The van der Waals surface area contributed by atoms with Crippen LogP contribution in [0.15, 0.2) is 0 Å². The molecule has 1 amide bonds. The molecule has 0 N–H and O–H groups in total. The van der Waals surface area contributed by atoms with E-state index >= 15 is 0 Å². The van der Waals surface area contributed by atoms with Crippen LogP contribution in [0.1, 0.15) is 61.3 Å². The molecule has 0 atom stereocenters. The molecule has 0 bridgehead atoms. The largest absolute Gasteiger partial charge is 0.444 e. The van der Waals surface area contributed by atoms with Gasteiger partial charge in [-0.2, -0.15) is 0 Å². The van der Waals surface area contributed by atoms with Gasteiger partial charge in [0.1, 0.15) is 5.60 Å². The summed E-state index contributed by atoms with van der Waals surface area (Å²) in [7, 11) is 0.0495. The summed E-state index contributed by atoms with van der Waals surface area (Å²) < 4.78 is 12.0. The number of rotatable bonds is 3. The van der Waals surface area contributed by atoms with Gasteiger partial charge in [0, 0.05) is 13.1 Å². The molecule has 0 saturated heterocycles. The van der Waals surface area contributed by atoms with Crippen molar-refractivity contribution < 1.29 is 14.0 Å². The van der Waals surface area contributed by atoms with Crippen molar-refractivity contribution in [3.8, 4) is 0 Å². The SMILES string of the molecule is CN(C(=O)OC(C)(C)C)C1CC(C)(O[Si](C)(C)C(C)(C)C)C1. The van der Waals surface area contributed by atoms with Gasteiger partial charge in [0.25, 0.3) is 0 Å². The number of carbonyl (C=O) groups excluding carboxylic acids is 1. The predicted molar refractivity (Wildman–Crippen MR) is 93.7 cm³/mol. The average Bonchev–Trinajstić information content (AvgIpc) is 2.19. The molecular weight excluding hydrogens is 294 g/mol. The first-order valence-corrected chi connectivity index (χ1v) is 11.1. The van der Waals surface area contributed by atoms with Gasteiger partial charge in [0.2, 0.25) is 0 Å². The maximum Gasteiger partial charge on any atom is 0.410 e. The molecule has 0 unspecified atom stereocenters. The third-order valence-corrected chi connectivity index (χ3v) is 9.49. The Morgan fingerprint density at radius 1 is 1.14 bits per heavy atom. The summed E-state index contributed by atoms with van der Waals surface area (Å²) in [4.78, 5) is 13.8. The van der Waals surface area contributed by atoms with Crippen LogP contribution in [0.25, 0.3) is 0 Å². The van der Waals surface area contributed by atoms with Crippen LogP contribution in [-0.2, 0) is 9.16 Å². The van der Waals surface area contributed by atoms with Crippen molar-refractivity contribution in [2.45, 2.75) is 96.7 Å². The molecule has 0 heterocycles. The van der Waals surface area contributed by atoms with Crippen molar-refractivity contribution in [1.82, 2.24) is 4.90 Å². The van der Waals surface area contributed by atoms with Gasteiger partial charge >= 0.3 is 6.09 Å². The molecular formula is C17H35NO3Si. The maximum atomic E-state index is 12.1. The summed E-state index contributed by atoms with van der Waals surface area (Å²) in [6.45, 7) is 19.2. The highest BCUT2D eigenvalue weighted by molar-refractivity contribution is 6.74. The van der Waals surface area contributed by atoms with Crippen molar-refractivity contribution in [2.75, 3.05) is 7.05 Å². The molecule has 5 heteroatoms. The summed E-state index contributed by atoms with van der Waals surface area (Å²) in [5.41, 5.74) is -0.556. The van der Waals surface area contributed by atoms with Crippen molar-refractivity contribution in [2.24, 2.45) is 0 Å². The zero-order valence-electron chi connectivity index (χ0n) is 16.2. The van der Waals surface area contributed by atoms with Gasteiger partial charge in [0.15, 0.2) is 8.32 Å². The lowest BCUT2D eigenvalue weighted by atomic mass is 9.76. The minimum atomic E-state index is -1.77. The monoisotopic (exact) mass is 329 g/mol. The lowest BCUT2D eigenvalue weighted by molar-refractivity contribution is -0.0649. The molecule has 22 heavy (non-hydrogen) atoms. The molecule has 4 nitrogen and oxygen atoms in total. The molecule has 130 valence electrons. The fraction of sp³-hybridized carbons (Fsp3) is 0.941. The van der Waals surface area contributed by atoms with Gasteiger partial charge in [-0.3, -0.25) is 0 Å². The van der Waals surface area contributed by atoms with E-state index in [1.54, 1.807) is 4.90 Å². The van der Waals surface area contributed by atoms with E-state index in [1.165, 1.54) is 0 Å². The van der Waals surface area contributed by atoms with Crippen LogP contribution in [0.2, 0.25) is 18.1 Å². The number of ether oxygens (including phenoxy) is 1. The topological polar surface area (TPSA) is 38.8 Å². The Kier molecular flexibility index (Phi) is 5.16. The van der Waals surface area contributed by atoms with Gasteiger partial charge in [-0.25, -0.2) is 4.79 Å². The van der Waals surface area contributed by atoms with Gasteiger partial charge in [-0.15, -0.1) is 0 Å². The maximum absolute atomic E-state index is 12.1. The number of amides is 1. The van der Waals surface area contributed by atoms with Crippen molar-refractivity contribution in [3.05, 3.63) is 0 Å². The molecule has 0 aliphatic heterocycles. The van der Waals surface area contributed by atoms with Crippen LogP contribution in [0.3, 0.4) is 0 Å². The fourth-order valence-electron chi connectivity index (χ4n) is 2.55. The normalized spacial score (nSPS) is 26.4. The summed E-state index contributed by atoms with van der Waals surface area (Å²) in [6, 6.07) is 0.213. The summed E-state index contributed by atoms with van der Waals surface area (Å²) in [6.07, 6.45) is 1.52. The Balaban J connectivity index is 2.59. The van der Waals surface area contributed by atoms with E-state index in [2.05, 4.69) is 40.8 Å². The van der Waals surface area contributed by atoms with Crippen LogP contribution in [0.5, 0.6) is 0 Å². The molecule has 1 rings (SSSR count). The highest BCUT2D eigenvalue weighted by Gasteiger charge is 2.50. The number of hydrogen-bond donors (Lipinski definition) is 0. The number of hydrogen-bond acceptors (Lipinski definition) is 3. The molecule has 1 aliphatic carbocycles. The lowest BCUT2D eigenvalue weighted by Gasteiger charge is -2.53. The summed E-state index contributed by atoms with van der Waals surface area (Å²) in [5, 5.41) is 0.207. The van der Waals surface area contributed by atoms with E-state index in [9.17, 15) is 4.79 Å². The Bertz CT molecular complexity index is 415. The van der Waals surface area contributed by atoms with E-state index in [1.807, 2.05) is 27.8 Å². The number of carbonyl (C=O) groups is 1. The van der Waals surface area contributed by atoms with E-state index < -0.39 is 13.9 Å². The van der Waals surface area contributed by atoms with E-state index in [0.29, 0.717) is 0 Å². The Morgan fingerprint density at radius 2 is 1.59 bits per heavy atom. The molecule has 1 saturated carbocycles. The zero-order chi connectivity index (χ0) is 17.6. The van der Waals surface area contributed by atoms with Gasteiger partial charge in [-0.05, 0) is 58.7 Å². The van der Waals surface area contributed by atoms with Gasteiger partial charge < -0.3 is 14.1 Å². The van der Waals surface area contributed by atoms with Crippen LogP contribution in [0.4, 0.5) is 4.79 Å². The average molecular weight is 330 g/mol. The second-order valence-electron chi connectivity index (χ2n) is 9.47. The molecule has 0 radical (unpaired) electrons. The minimum Gasteiger partial charge on any atom is -0.444 e. The number of nitrogens with zero attached hydrogens (tertiary/aromatic N) is 1. The molecule has 0 aromatic carbocycles. The van der Waals surface area contributed by atoms with Crippen molar-refractivity contribution in [3.63, 3.8) is 0 Å². The van der Waals surface area contributed by atoms with E-state index in [-0.39, 0.29) is 22.8 Å². The van der Waals surface area contributed by atoms with Crippen LogP contribution >= 0.6 is 0 Å². The Morgan fingerprint density at radius 3 is 1.95 bits per heavy atom. The highest BCUT2D eigenvalue weighted by atomic mass is 28.4. The quantitative estimate of drug-likeness (QED) is 0.698. The fourth-order valence-corrected chi connectivity index (χ4v) is 4.25. The first kappa shape index (κ1) is 19.5. The van der Waals surface area contributed by atoms with Crippen LogP contribution in [0, 0.1) is 0 Å². The molecule has 1 fully saturated rings. The third-order valence-electron chi connectivity index (χ3n) is 4.87. The molecule has 0 aromatic rings. The van der Waals surface area contributed by atoms with Crippen LogP contribution < -0.4 is 0 Å². The minimum absolute atomic E-state index is 0.107. The summed E-state index contributed by atoms with van der Waals surface area (Å²) >= 11 is 0. The van der Waals surface area contributed by atoms with E-state index in [0.717, 1.165) is 12.8 Å². The van der Waals surface area contributed by atoms with Crippen molar-refractivity contribution in [1.29, 1.82) is 0 Å². The smallest absolute Gasteiger partial charge is 0.410 e. The second kappa shape index (κ2) is 5.82.